The van der Waals surface area contributed by atoms with Gasteiger partial charge in [0.1, 0.15) is 0 Å². The molecule has 2 heteroatoms. The maximum Gasteiger partial charge on any atom is 0.0623 e. The van der Waals surface area contributed by atoms with Gasteiger partial charge >= 0.3 is 0 Å². The van der Waals surface area contributed by atoms with Crippen molar-refractivity contribution in [3.63, 3.8) is 0 Å². The molecule has 0 aromatic heterocycles. The van der Waals surface area contributed by atoms with Gasteiger partial charge in [-0.1, -0.05) is 109 Å². The molecule has 0 radical (unpaired) electrons. The lowest BCUT2D eigenvalue weighted by atomic mass is 9.95. The molecule has 0 spiro atoms. The molecule has 2 N–H and O–H groups in total. The summed E-state index contributed by atoms with van der Waals surface area (Å²) in [6.45, 7) is 0. The third kappa shape index (κ3) is 4.26. The fourth-order valence-corrected chi connectivity index (χ4v) is 3.92. The number of hydrogen-bond acceptors (Lipinski definition) is 2. The normalized spacial score (nSPS) is 10.5. The van der Waals surface area contributed by atoms with Crippen molar-refractivity contribution in [1.82, 2.24) is 0 Å². The van der Waals surface area contributed by atoms with E-state index < -0.39 is 0 Å². The number of rotatable bonds is 6. The maximum atomic E-state index is 3.76. The third-order valence-electron chi connectivity index (χ3n) is 5.47. The summed E-state index contributed by atoms with van der Waals surface area (Å²) in [6.07, 6.45) is 0. The van der Waals surface area contributed by atoms with Crippen molar-refractivity contribution in [2.24, 2.45) is 0 Å². The van der Waals surface area contributed by atoms with Crippen LogP contribution < -0.4 is 10.6 Å². The predicted molar refractivity (Wildman–Crippen MR) is 137 cm³/mol. The second-order valence-corrected chi connectivity index (χ2v) is 7.62. The van der Waals surface area contributed by atoms with Crippen LogP contribution in [0.2, 0.25) is 0 Å². The highest BCUT2D eigenvalue weighted by Gasteiger charge is 2.13. The topological polar surface area (TPSA) is 24.1 Å². The smallest absolute Gasteiger partial charge is 0.0623 e. The SMILES string of the molecule is c1ccc(Nc2ccccc2Nc2c(-c3ccccc3)cccc2-c2ccccc2)cc1. The van der Waals surface area contributed by atoms with E-state index in [1.165, 1.54) is 22.3 Å². The predicted octanol–water partition coefficient (Wildman–Crippen LogP) is 8.51. The number of hydrogen-bond donors (Lipinski definition) is 2. The average molecular weight is 413 g/mol. The summed E-state index contributed by atoms with van der Waals surface area (Å²) in [5, 5.41) is 7.31. The summed E-state index contributed by atoms with van der Waals surface area (Å²) in [7, 11) is 0. The van der Waals surface area contributed by atoms with Gasteiger partial charge in [-0.3, -0.25) is 0 Å². The number of para-hydroxylation sites is 4. The standard InChI is InChI=1S/C30H24N2/c1-4-13-23(14-5-1)26-19-12-20-27(24-15-6-2-7-16-24)30(26)32-29-22-11-10-21-28(29)31-25-17-8-3-9-18-25/h1-22,31-32H. The van der Waals surface area contributed by atoms with Crippen molar-refractivity contribution in [1.29, 1.82) is 0 Å². The molecule has 0 aliphatic heterocycles. The Morgan fingerprint density at radius 1 is 0.344 bits per heavy atom. The van der Waals surface area contributed by atoms with Gasteiger partial charge in [0.15, 0.2) is 0 Å². The average Bonchev–Trinajstić information content (AvgIpc) is 2.87. The summed E-state index contributed by atoms with van der Waals surface area (Å²) in [4.78, 5) is 0. The molecule has 0 heterocycles. The second-order valence-electron chi connectivity index (χ2n) is 7.62. The summed E-state index contributed by atoms with van der Waals surface area (Å²) in [5.74, 6) is 0. The molecule has 5 aromatic rings. The van der Waals surface area contributed by atoms with Crippen molar-refractivity contribution in [2.75, 3.05) is 10.6 Å². The van der Waals surface area contributed by atoms with Gasteiger partial charge in [-0.2, -0.15) is 0 Å². The Kier molecular flexibility index (Phi) is 5.67. The van der Waals surface area contributed by atoms with Gasteiger partial charge in [0.25, 0.3) is 0 Å². The number of benzene rings is 5. The van der Waals surface area contributed by atoms with Gasteiger partial charge in [-0.15, -0.1) is 0 Å². The first kappa shape index (κ1) is 19.7. The quantitative estimate of drug-likeness (QED) is 0.292. The number of nitrogens with one attached hydrogen (secondary N) is 2. The summed E-state index contributed by atoms with van der Waals surface area (Å²) >= 11 is 0. The molecule has 0 aliphatic carbocycles. The van der Waals surface area contributed by atoms with Crippen molar-refractivity contribution in [3.8, 4) is 22.3 Å². The van der Waals surface area contributed by atoms with Crippen LogP contribution in [0.25, 0.3) is 22.3 Å². The van der Waals surface area contributed by atoms with E-state index in [2.05, 4.69) is 126 Å². The van der Waals surface area contributed by atoms with Gasteiger partial charge in [0.2, 0.25) is 0 Å². The van der Waals surface area contributed by atoms with E-state index in [0.29, 0.717) is 0 Å². The molecule has 0 unspecified atom stereocenters. The molecule has 5 rings (SSSR count). The van der Waals surface area contributed by atoms with Crippen LogP contribution in [0.3, 0.4) is 0 Å². The minimum absolute atomic E-state index is 1.02. The zero-order valence-electron chi connectivity index (χ0n) is 17.7. The van der Waals surface area contributed by atoms with E-state index in [9.17, 15) is 0 Å². The maximum absolute atomic E-state index is 3.76. The van der Waals surface area contributed by atoms with Gasteiger partial charge < -0.3 is 10.6 Å². The first-order valence-corrected chi connectivity index (χ1v) is 10.8. The van der Waals surface area contributed by atoms with Gasteiger partial charge in [-0.25, -0.2) is 0 Å². The number of anilines is 4. The highest BCUT2D eigenvalue weighted by Crippen LogP contribution is 2.40. The molecule has 5 aromatic carbocycles. The fourth-order valence-electron chi connectivity index (χ4n) is 3.92. The van der Waals surface area contributed by atoms with Gasteiger partial charge in [0, 0.05) is 16.8 Å². The van der Waals surface area contributed by atoms with Crippen LogP contribution in [0.4, 0.5) is 22.7 Å². The zero-order valence-corrected chi connectivity index (χ0v) is 17.7. The first-order chi connectivity index (χ1) is 15.9. The van der Waals surface area contributed by atoms with Crippen LogP contribution in [0.15, 0.2) is 133 Å². The van der Waals surface area contributed by atoms with Crippen LogP contribution in [-0.4, -0.2) is 0 Å². The highest BCUT2D eigenvalue weighted by atomic mass is 15.0. The summed E-state index contributed by atoms with van der Waals surface area (Å²) in [6, 6.07) is 46.1. The van der Waals surface area contributed by atoms with Crippen molar-refractivity contribution >= 4 is 22.7 Å². The summed E-state index contributed by atoms with van der Waals surface area (Å²) in [5.41, 5.74) is 8.90. The van der Waals surface area contributed by atoms with E-state index in [1.54, 1.807) is 0 Å². The molecule has 2 nitrogen and oxygen atoms in total. The van der Waals surface area contributed by atoms with Crippen LogP contribution in [0.5, 0.6) is 0 Å². The lowest BCUT2D eigenvalue weighted by Crippen LogP contribution is -2.00. The molecular weight excluding hydrogens is 388 g/mol. The molecule has 0 atom stereocenters. The Labute approximate surface area is 189 Å². The zero-order chi connectivity index (χ0) is 21.6. The van der Waals surface area contributed by atoms with Crippen LogP contribution >= 0.6 is 0 Å². The van der Waals surface area contributed by atoms with E-state index >= 15 is 0 Å². The van der Waals surface area contributed by atoms with Crippen LogP contribution in [-0.2, 0) is 0 Å². The third-order valence-corrected chi connectivity index (χ3v) is 5.47. The molecule has 154 valence electrons. The van der Waals surface area contributed by atoms with Crippen molar-refractivity contribution in [2.45, 2.75) is 0 Å². The van der Waals surface area contributed by atoms with Crippen molar-refractivity contribution < 1.29 is 0 Å². The monoisotopic (exact) mass is 412 g/mol. The fraction of sp³-hybridized carbons (Fsp3) is 0. The molecule has 32 heavy (non-hydrogen) atoms. The van der Waals surface area contributed by atoms with Crippen molar-refractivity contribution in [3.05, 3.63) is 133 Å². The van der Waals surface area contributed by atoms with E-state index in [-0.39, 0.29) is 0 Å². The largest absolute Gasteiger partial charge is 0.354 e. The Balaban J connectivity index is 1.62. The van der Waals surface area contributed by atoms with E-state index in [1.807, 2.05) is 18.2 Å². The van der Waals surface area contributed by atoms with Gasteiger partial charge in [0.05, 0.1) is 17.1 Å². The summed E-state index contributed by atoms with van der Waals surface area (Å²) < 4.78 is 0. The lowest BCUT2D eigenvalue weighted by molar-refractivity contribution is 1.49. The second kappa shape index (κ2) is 9.23. The molecule has 0 bridgehead atoms. The Bertz CT molecular complexity index is 1240. The van der Waals surface area contributed by atoms with E-state index in [0.717, 1.165) is 22.7 Å². The Hall–Kier alpha value is -4.30. The molecule has 0 saturated heterocycles. The Morgan fingerprint density at radius 3 is 1.31 bits per heavy atom. The van der Waals surface area contributed by atoms with E-state index in [4.69, 9.17) is 0 Å². The lowest BCUT2D eigenvalue weighted by Gasteiger charge is -2.20. The first-order valence-electron chi connectivity index (χ1n) is 10.8. The van der Waals surface area contributed by atoms with Gasteiger partial charge in [-0.05, 0) is 35.4 Å². The molecular formula is C30H24N2. The molecule has 0 saturated carbocycles. The highest BCUT2D eigenvalue weighted by molar-refractivity contribution is 5.94. The molecule has 0 aliphatic rings. The van der Waals surface area contributed by atoms with Crippen LogP contribution in [0, 0.1) is 0 Å². The Morgan fingerprint density at radius 2 is 0.781 bits per heavy atom. The molecule has 0 fully saturated rings. The minimum Gasteiger partial charge on any atom is -0.354 e. The van der Waals surface area contributed by atoms with Crippen LogP contribution in [0.1, 0.15) is 0 Å². The minimum atomic E-state index is 1.02. The molecule has 0 amide bonds.